The van der Waals surface area contributed by atoms with Crippen molar-refractivity contribution in [3.05, 3.63) is 29.3 Å². The van der Waals surface area contributed by atoms with Crippen LogP contribution >= 0.6 is 0 Å². The summed E-state index contributed by atoms with van der Waals surface area (Å²) in [6.45, 7) is 4.13. The van der Waals surface area contributed by atoms with E-state index in [2.05, 4.69) is 25.8 Å². The molecule has 0 aliphatic rings. The van der Waals surface area contributed by atoms with Gasteiger partial charge in [0.1, 0.15) is 5.75 Å². The topological polar surface area (TPSA) is 29.5 Å². The van der Waals surface area contributed by atoms with Crippen LogP contribution < -0.4 is 4.74 Å². The average Bonchev–Trinajstić information content (AvgIpc) is 2.34. The van der Waals surface area contributed by atoms with Crippen molar-refractivity contribution in [2.24, 2.45) is 0 Å². The summed E-state index contributed by atoms with van der Waals surface area (Å²) >= 11 is 0. The number of Topliss-reactive ketones (excluding diaryl/α,β-unsaturated/α-hetero) is 1. The second-order valence-corrected chi connectivity index (χ2v) is 4.57. The largest absolute Gasteiger partial charge is 0.496 e. The number of hydrogen-bond donors (Lipinski definition) is 0. The molecule has 96 valence electrons. The molecule has 0 saturated carbocycles. The van der Waals surface area contributed by atoms with Crippen molar-refractivity contribution in [3.8, 4) is 17.7 Å². The summed E-state index contributed by atoms with van der Waals surface area (Å²) in [4.78, 5) is 13.5. The van der Waals surface area contributed by atoms with Gasteiger partial charge in [0, 0.05) is 25.7 Å². The first kappa shape index (κ1) is 14.1. The van der Waals surface area contributed by atoms with Gasteiger partial charge < -0.3 is 9.64 Å². The maximum absolute atomic E-state index is 11.9. The van der Waals surface area contributed by atoms with E-state index in [-0.39, 0.29) is 5.78 Å². The van der Waals surface area contributed by atoms with Crippen LogP contribution in [0.1, 0.15) is 35.7 Å². The number of carbonyl (C=O) groups excluding carboxylic acids is 1. The highest BCUT2D eigenvalue weighted by Crippen LogP contribution is 2.27. The lowest BCUT2D eigenvalue weighted by molar-refractivity contribution is 0.105. The van der Waals surface area contributed by atoms with Crippen molar-refractivity contribution in [1.29, 1.82) is 0 Å². The Kier molecular flexibility index (Phi) is 4.79. The zero-order chi connectivity index (χ0) is 13.7. The normalized spacial score (nSPS) is 9.67. The molecule has 0 atom stereocenters. The van der Waals surface area contributed by atoms with Crippen molar-refractivity contribution < 1.29 is 9.53 Å². The number of carbonyl (C=O) groups is 1. The first-order valence-electron chi connectivity index (χ1n) is 5.87. The van der Waals surface area contributed by atoms with Crippen molar-refractivity contribution in [2.45, 2.75) is 19.8 Å². The van der Waals surface area contributed by atoms with Crippen LogP contribution in [0.25, 0.3) is 0 Å². The Labute approximate surface area is 109 Å². The minimum Gasteiger partial charge on any atom is -0.496 e. The van der Waals surface area contributed by atoms with Gasteiger partial charge in [-0.2, -0.15) is 0 Å². The molecule has 1 rings (SSSR count). The highest BCUT2D eigenvalue weighted by atomic mass is 16.5. The lowest BCUT2D eigenvalue weighted by Gasteiger charge is -2.12. The zero-order valence-electron chi connectivity index (χ0n) is 11.6. The Hall–Kier alpha value is -1.95. The van der Waals surface area contributed by atoms with Crippen LogP contribution in [0.4, 0.5) is 0 Å². The molecule has 0 amide bonds. The monoisotopic (exact) mass is 245 g/mol. The van der Waals surface area contributed by atoms with E-state index in [9.17, 15) is 4.79 Å². The molecule has 0 spiro atoms. The number of ketones is 1. The summed E-state index contributed by atoms with van der Waals surface area (Å²) in [5.41, 5.74) is 1.63. The minimum absolute atomic E-state index is 0.173. The van der Waals surface area contributed by atoms with Gasteiger partial charge in [-0.3, -0.25) is 4.79 Å². The van der Waals surface area contributed by atoms with Crippen molar-refractivity contribution in [3.63, 3.8) is 0 Å². The third-order valence-corrected chi connectivity index (χ3v) is 2.51. The standard InChI is InChI=1S/C15H19NO2/c1-11(2)13-10-12(6-7-15(13)18-5)14(17)8-9-16(3)4/h6-7,10-11H,1-5H3. The summed E-state index contributed by atoms with van der Waals surface area (Å²) in [5, 5.41) is 0. The van der Waals surface area contributed by atoms with E-state index in [1.807, 2.05) is 12.1 Å². The number of benzene rings is 1. The van der Waals surface area contributed by atoms with Gasteiger partial charge in [0.2, 0.25) is 5.78 Å². The first-order valence-corrected chi connectivity index (χ1v) is 5.87. The predicted octanol–water partition coefficient (Wildman–Crippen LogP) is 2.52. The fourth-order valence-electron chi connectivity index (χ4n) is 1.56. The van der Waals surface area contributed by atoms with E-state index in [4.69, 9.17) is 4.74 Å². The van der Waals surface area contributed by atoms with Crippen molar-refractivity contribution in [1.82, 2.24) is 4.90 Å². The van der Waals surface area contributed by atoms with Crippen molar-refractivity contribution in [2.75, 3.05) is 21.2 Å². The molecule has 0 aromatic heterocycles. The highest BCUT2D eigenvalue weighted by molar-refractivity contribution is 6.09. The van der Waals surface area contributed by atoms with Crippen LogP contribution in [0.2, 0.25) is 0 Å². The highest BCUT2D eigenvalue weighted by Gasteiger charge is 2.11. The maximum Gasteiger partial charge on any atom is 0.237 e. The van der Waals surface area contributed by atoms with Gasteiger partial charge in [-0.05, 0) is 35.6 Å². The molecule has 18 heavy (non-hydrogen) atoms. The summed E-state index contributed by atoms with van der Waals surface area (Å²) in [7, 11) is 5.23. The van der Waals surface area contributed by atoms with Crippen LogP contribution in [-0.2, 0) is 0 Å². The van der Waals surface area contributed by atoms with Crippen LogP contribution in [0.15, 0.2) is 18.2 Å². The number of rotatable bonds is 3. The molecule has 3 nitrogen and oxygen atoms in total. The molecule has 0 unspecified atom stereocenters. The van der Waals surface area contributed by atoms with Gasteiger partial charge in [-0.15, -0.1) is 0 Å². The second kappa shape index (κ2) is 6.11. The molecule has 0 N–H and O–H groups in total. The molecule has 0 bridgehead atoms. The fraction of sp³-hybridized carbons (Fsp3) is 0.400. The van der Waals surface area contributed by atoms with Crippen LogP contribution in [0.3, 0.4) is 0 Å². The molecule has 0 radical (unpaired) electrons. The summed E-state index contributed by atoms with van der Waals surface area (Å²) in [5.74, 6) is 3.53. The molecule has 0 aliphatic carbocycles. The molecule has 0 heterocycles. The van der Waals surface area contributed by atoms with Gasteiger partial charge >= 0.3 is 0 Å². The van der Waals surface area contributed by atoms with E-state index in [1.165, 1.54) is 0 Å². The molecule has 3 heteroatoms. The summed E-state index contributed by atoms with van der Waals surface area (Å²) in [6, 6.07) is 8.15. The van der Waals surface area contributed by atoms with Crippen LogP contribution in [0.5, 0.6) is 5.75 Å². The van der Waals surface area contributed by atoms with Gasteiger partial charge in [0.25, 0.3) is 0 Å². The van der Waals surface area contributed by atoms with Crippen molar-refractivity contribution >= 4 is 5.78 Å². The molecule has 0 aliphatic heterocycles. The average molecular weight is 245 g/mol. The first-order chi connectivity index (χ1) is 8.45. The predicted molar refractivity (Wildman–Crippen MR) is 72.9 cm³/mol. The summed E-state index contributed by atoms with van der Waals surface area (Å²) in [6.07, 6.45) is 0. The van der Waals surface area contributed by atoms with Crippen LogP contribution in [-0.4, -0.2) is 31.9 Å². The Morgan fingerprint density at radius 3 is 2.50 bits per heavy atom. The number of hydrogen-bond acceptors (Lipinski definition) is 3. The van der Waals surface area contributed by atoms with Gasteiger partial charge in [-0.25, -0.2) is 0 Å². The lowest BCUT2D eigenvalue weighted by Crippen LogP contribution is -2.04. The Bertz CT molecular complexity index is 493. The maximum atomic E-state index is 11.9. The molecule has 0 fully saturated rings. The number of ether oxygens (including phenoxy) is 1. The fourth-order valence-corrected chi connectivity index (χ4v) is 1.56. The zero-order valence-corrected chi connectivity index (χ0v) is 11.6. The Morgan fingerprint density at radius 2 is 2.00 bits per heavy atom. The SMILES string of the molecule is COc1ccc(C(=O)C#CN(C)C)cc1C(C)C. The second-order valence-electron chi connectivity index (χ2n) is 4.57. The van der Waals surface area contributed by atoms with Gasteiger partial charge in [0.05, 0.1) is 7.11 Å². The lowest BCUT2D eigenvalue weighted by atomic mass is 9.98. The number of methoxy groups -OCH3 is 1. The van der Waals surface area contributed by atoms with E-state index in [0.717, 1.165) is 11.3 Å². The Morgan fingerprint density at radius 1 is 1.33 bits per heavy atom. The van der Waals surface area contributed by atoms with E-state index in [1.54, 1.807) is 32.2 Å². The molecule has 0 saturated heterocycles. The Balaban J connectivity index is 3.10. The molecule has 1 aromatic rings. The molecular weight excluding hydrogens is 226 g/mol. The minimum atomic E-state index is -0.173. The smallest absolute Gasteiger partial charge is 0.237 e. The molecule has 1 aromatic carbocycles. The third kappa shape index (κ3) is 3.53. The molecular formula is C15H19NO2. The summed E-state index contributed by atoms with van der Waals surface area (Å²) < 4.78 is 5.28. The third-order valence-electron chi connectivity index (χ3n) is 2.51. The van der Waals surface area contributed by atoms with E-state index in [0.29, 0.717) is 11.5 Å². The van der Waals surface area contributed by atoms with Gasteiger partial charge in [0.15, 0.2) is 0 Å². The van der Waals surface area contributed by atoms with E-state index < -0.39 is 0 Å². The van der Waals surface area contributed by atoms with E-state index >= 15 is 0 Å². The quantitative estimate of drug-likeness (QED) is 0.465. The van der Waals surface area contributed by atoms with Crippen LogP contribution in [0, 0.1) is 12.0 Å². The van der Waals surface area contributed by atoms with Gasteiger partial charge in [-0.1, -0.05) is 13.8 Å². The number of nitrogens with zero attached hydrogens (tertiary/aromatic N) is 1.